The molecule has 0 aromatic carbocycles. The number of hydrogen-bond donors (Lipinski definition) is 0. The monoisotopic (exact) mass is 399 g/mol. The van der Waals surface area contributed by atoms with Gasteiger partial charge in [0.05, 0.1) is 5.69 Å². The standard InChI is InChI=1S/C21H28BF2N5/c1-6-27-13-18(25-26-27)9-7-8-10-19-20-14(2)11-16(4)28(20)22(23,24)29-17(5)12-15(3)21(19)29/h11-13H,6-10H2,1-5H3. The predicted octanol–water partition coefficient (Wildman–Crippen LogP) is 4.51. The van der Waals surface area contributed by atoms with Crippen LogP contribution in [0.15, 0.2) is 29.6 Å². The second-order valence-corrected chi connectivity index (χ2v) is 8.21. The molecular formula is C21H28BF2N5. The van der Waals surface area contributed by atoms with Crippen molar-refractivity contribution < 1.29 is 13.1 Å². The number of allylic oxidation sites excluding steroid dienone is 3. The molecule has 0 amide bonds. The highest BCUT2D eigenvalue weighted by atomic mass is 19.2. The Kier molecular flexibility index (Phi) is 4.83. The second kappa shape index (κ2) is 7.08. The van der Waals surface area contributed by atoms with Gasteiger partial charge >= 0.3 is 6.97 Å². The number of aromatic nitrogens is 4. The van der Waals surface area contributed by atoms with Crippen molar-refractivity contribution in [2.45, 2.75) is 66.8 Å². The first-order chi connectivity index (χ1) is 13.8. The molecule has 4 rings (SSSR count). The Balaban J connectivity index is 1.65. The van der Waals surface area contributed by atoms with Gasteiger partial charge in [-0.2, -0.15) is 0 Å². The normalized spacial score (nSPS) is 17.7. The molecule has 0 bridgehead atoms. The van der Waals surface area contributed by atoms with Crippen molar-refractivity contribution in [3.05, 3.63) is 52.3 Å². The number of halogens is 2. The van der Waals surface area contributed by atoms with Crippen molar-refractivity contribution in [1.82, 2.24) is 19.5 Å². The molecule has 2 aromatic heterocycles. The van der Waals surface area contributed by atoms with Crippen LogP contribution in [0.1, 0.15) is 62.7 Å². The zero-order chi connectivity index (χ0) is 20.9. The second-order valence-electron chi connectivity index (χ2n) is 8.21. The quantitative estimate of drug-likeness (QED) is 0.530. The average molecular weight is 399 g/mol. The van der Waals surface area contributed by atoms with E-state index in [0.717, 1.165) is 54.6 Å². The van der Waals surface area contributed by atoms with E-state index >= 15 is 8.63 Å². The van der Waals surface area contributed by atoms with Crippen molar-refractivity contribution >= 4 is 18.3 Å². The summed E-state index contributed by atoms with van der Waals surface area (Å²) in [6.45, 7) is 6.40. The molecule has 154 valence electrons. The Hall–Kier alpha value is -2.51. The topological polar surface area (TPSA) is 38.6 Å². The molecule has 0 saturated carbocycles. The zero-order valence-corrected chi connectivity index (χ0v) is 17.8. The van der Waals surface area contributed by atoms with Crippen molar-refractivity contribution in [3.8, 4) is 0 Å². The third-order valence-corrected chi connectivity index (χ3v) is 6.05. The van der Waals surface area contributed by atoms with Gasteiger partial charge in [-0.1, -0.05) is 5.21 Å². The van der Waals surface area contributed by atoms with E-state index in [0.29, 0.717) is 22.8 Å². The number of nitrogens with zero attached hydrogens (tertiary/aromatic N) is 5. The van der Waals surface area contributed by atoms with E-state index in [1.54, 1.807) is 13.8 Å². The lowest BCUT2D eigenvalue weighted by molar-refractivity contribution is -0.363. The molecule has 0 N–H and O–H groups in total. The molecule has 2 aliphatic rings. The van der Waals surface area contributed by atoms with E-state index in [-0.39, 0.29) is 0 Å². The van der Waals surface area contributed by atoms with Crippen LogP contribution in [0.2, 0.25) is 0 Å². The van der Waals surface area contributed by atoms with Crippen LogP contribution in [0.3, 0.4) is 0 Å². The Morgan fingerprint density at radius 2 is 1.83 bits per heavy atom. The lowest BCUT2D eigenvalue weighted by Crippen LogP contribution is -2.51. The third kappa shape index (κ3) is 3.09. The van der Waals surface area contributed by atoms with E-state index in [1.165, 1.54) is 8.96 Å². The molecule has 0 atom stereocenters. The molecule has 2 aromatic rings. The number of aryl methyl sites for hydroxylation is 4. The maximum Gasteiger partial charge on any atom is 0.737 e. The highest BCUT2D eigenvalue weighted by Crippen LogP contribution is 2.43. The third-order valence-electron chi connectivity index (χ3n) is 6.05. The van der Waals surface area contributed by atoms with Gasteiger partial charge in [0.2, 0.25) is 0 Å². The van der Waals surface area contributed by atoms with Crippen LogP contribution in [-0.4, -0.2) is 36.6 Å². The van der Waals surface area contributed by atoms with Gasteiger partial charge < -0.3 is 17.6 Å². The van der Waals surface area contributed by atoms with E-state index in [9.17, 15) is 0 Å². The van der Waals surface area contributed by atoms with Crippen LogP contribution in [0.4, 0.5) is 8.63 Å². The van der Waals surface area contributed by atoms with Crippen molar-refractivity contribution in [3.63, 3.8) is 0 Å². The van der Waals surface area contributed by atoms with E-state index in [1.807, 2.05) is 43.8 Å². The summed E-state index contributed by atoms with van der Waals surface area (Å²) in [5.41, 5.74) is 6.52. The van der Waals surface area contributed by atoms with Crippen LogP contribution in [0.25, 0.3) is 5.57 Å². The fourth-order valence-electron chi connectivity index (χ4n) is 4.88. The maximum absolute atomic E-state index is 15.5. The maximum atomic E-state index is 15.5. The number of fused-ring (bicyclic) bond motifs is 2. The molecule has 5 nitrogen and oxygen atoms in total. The van der Waals surface area contributed by atoms with Crippen LogP contribution in [-0.2, 0) is 13.0 Å². The first kappa shape index (κ1) is 19.8. The molecule has 29 heavy (non-hydrogen) atoms. The molecule has 4 heterocycles. The molecule has 0 aliphatic carbocycles. The highest BCUT2D eigenvalue weighted by Gasteiger charge is 2.54. The molecule has 0 fully saturated rings. The number of unbranched alkanes of at least 4 members (excludes halogenated alkanes) is 1. The van der Waals surface area contributed by atoms with Gasteiger partial charge in [-0.3, -0.25) is 4.68 Å². The van der Waals surface area contributed by atoms with Gasteiger partial charge in [0.1, 0.15) is 5.71 Å². The minimum Gasteiger partial charge on any atom is -0.394 e. The Morgan fingerprint density at radius 1 is 1.10 bits per heavy atom. The Labute approximate surface area is 170 Å². The molecule has 8 heteroatoms. The summed E-state index contributed by atoms with van der Waals surface area (Å²) in [6.07, 6.45) is 7.35. The first-order valence-electron chi connectivity index (χ1n) is 10.4. The fraction of sp³-hybridized carbons (Fsp3) is 0.476. The first-order valence-corrected chi connectivity index (χ1v) is 10.4. The van der Waals surface area contributed by atoms with Crippen molar-refractivity contribution in [1.29, 1.82) is 0 Å². The smallest absolute Gasteiger partial charge is 0.394 e. The Morgan fingerprint density at radius 3 is 2.52 bits per heavy atom. The van der Waals surface area contributed by atoms with E-state index < -0.39 is 6.97 Å². The number of rotatable bonds is 6. The van der Waals surface area contributed by atoms with E-state index in [2.05, 4.69) is 10.3 Å². The summed E-state index contributed by atoms with van der Waals surface area (Å²) in [7, 11) is 0. The summed E-state index contributed by atoms with van der Waals surface area (Å²) in [4.78, 5) is 0. The summed E-state index contributed by atoms with van der Waals surface area (Å²) in [5, 5.41) is 8.28. The van der Waals surface area contributed by atoms with Crippen molar-refractivity contribution in [2.24, 2.45) is 0 Å². The van der Waals surface area contributed by atoms with Gasteiger partial charge in [0.25, 0.3) is 0 Å². The SMILES string of the molecule is CCn1cc(CCCCC2=C3C(C)=CC(C)=[N+]3[B-](F)(F)n3c(C)cc(C)c32)nn1. The summed E-state index contributed by atoms with van der Waals surface area (Å²) < 4.78 is 35.4. The van der Waals surface area contributed by atoms with Gasteiger partial charge in [-0.15, -0.1) is 5.10 Å². The van der Waals surface area contributed by atoms with E-state index in [4.69, 9.17) is 0 Å². The predicted molar refractivity (Wildman–Crippen MR) is 112 cm³/mol. The van der Waals surface area contributed by atoms with Crippen LogP contribution < -0.4 is 0 Å². The molecule has 0 saturated heterocycles. The summed E-state index contributed by atoms with van der Waals surface area (Å²) >= 11 is 0. The molecular weight excluding hydrogens is 371 g/mol. The van der Waals surface area contributed by atoms with Gasteiger partial charge in [-0.05, 0) is 70.7 Å². The number of hydrogen-bond acceptors (Lipinski definition) is 2. The summed E-state index contributed by atoms with van der Waals surface area (Å²) in [5.74, 6) is 0. The average Bonchev–Trinajstić information content (AvgIpc) is 3.31. The molecule has 2 aliphatic heterocycles. The largest absolute Gasteiger partial charge is 0.737 e. The van der Waals surface area contributed by atoms with Crippen LogP contribution in [0.5, 0.6) is 0 Å². The fourth-order valence-corrected chi connectivity index (χ4v) is 4.88. The van der Waals surface area contributed by atoms with Crippen molar-refractivity contribution in [2.75, 3.05) is 0 Å². The lowest BCUT2D eigenvalue weighted by atomic mass is 9.84. The molecule has 0 spiro atoms. The zero-order valence-electron chi connectivity index (χ0n) is 17.8. The van der Waals surface area contributed by atoms with Gasteiger partial charge in [0.15, 0.2) is 5.70 Å². The highest BCUT2D eigenvalue weighted by molar-refractivity contribution is 6.58. The van der Waals surface area contributed by atoms with Crippen LogP contribution in [0, 0.1) is 13.8 Å². The lowest BCUT2D eigenvalue weighted by Gasteiger charge is -2.34. The molecule has 0 unspecified atom stereocenters. The minimum absolute atomic E-state index is 0.618. The minimum atomic E-state index is -3.88. The van der Waals surface area contributed by atoms with Gasteiger partial charge in [0, 0.05) is 42.6 Å². The van der Waals surface area contributed by atoms with Gasteiger partial charge in [-0.25, -0.2) is 0 Å². The van der Waals surface area contributed by atoms with Crippen LogP contribution >= 0.6 is 0 Å². The Bertz CT molecular complexity index is 1070. The molecule has 0 radical (unpaired) electrons. The summed E-state index contributed by atoms with van der Waals surface area (Å²) in [6, 6.07) is 1.88.